The van der Waals surface area contributed by atoms with Crippen LogP contribution in [0.25, 0.3) is 5.73 Å². The molecule has 0 amide bonds. The van der Waals surface area contributed by atoms with Crippen molar-refractivity contribution in [1.29, 1.82) is 0 Å². The molecule has 1 unspecified atom stereocenters. The summed E-state index contributed by atoms with van der Waals surface area (Å²) in [6, 6.07) is 5.20. The van der Waals surface area contributed by atoms with Gasteiger partial charge in [-0.15, -0.1) is 12.1 Å². The van der Waals surface area contributed by atoms with Crippen LogP contribution < -0.4 is 4.74 Å². The normalized spacial score (nSPS) is 11.5. The largest absolute Gasteiger partial charge is 3.00 e. The van der Waals surface area contributed by atoms with Crippen molar-refractivity contribution in [3.05, 3.63) is 41.0 Å². The smallest absolute Gasteiger partial charge is 0.671 e. The van der Waals surface area contributed by atoms with Gasteiger partial charge < -0.3 is 19.9 Å². The quantitative estimate of drug-likeness (QED) is 0.414. The topological polar surface area (TPSA) is 68.6 Å². The molecule has 0 aliphatic rings. The molecule has 0 radical (unpaired) electrons. The number of ether oxygens (including phenoxy) is 3. The fourth-order valence-electron chi connectivity index (χ4n) is 1.56. The van der Waals surface area contributed by atoms with Crippen molar-refractivity contribution in [1.82, 2.24) is 0 Å². The monoisotopic (exact) mass is 398 g/mol. The van der Waals surface area contributed by atoms with Crippen LogP contribution in [0.4, 0.5) is 0 Å². The number of hydrogen-bond acceptors (Lipinski definition) is 4. The maximum Gasteiger partial charge on any atom is 3.00 e. The van der Waals surface area contributed by atoms with Crippen LogP contribution in [-0.2, 0) is 42.2 Å². The molecule has 0 fully saturated rings. The summed E-state index contributed by atoms with van der Waals surface area (Å²) < 4.78 is 15.0. The molecule has 0 aliphatic heterocycles. The molecule has 0 saturated heterocycles. The van der Waals surface area contributed by atoms with Crippen LogP contribution in [0.2, 0.25) is 0 Å². The van der Waals surface area contributed by atoms with Gasteiger partial charge in [0.2, 0.25) is 0 Å². The van der Waals surface area contributed by atoms with Crippen molar-refractivity contribution in [2.75, 3.05) is 21.3 Å². The molecular weight excluding hydrogens is 371 g/mol. The molecule has 0 bridgehead atoms. The van der Waals surface area contributed by atoms with Crippen molar-refractivity contribution < 1.29 is 51.7 Å². The molecule has 0 heterocycles. The number of carbonyl (C=O) groups is 1. The van der Waals surface area contributed by atoms with Gasteiger partial charge in [0, 0.05) is 19.8 Å². The number of nitrogens with one attached hydrogen (secondary N) is 1. The number of hydrogen-bond donors (Lipinski definition) is 0. The molecule has 0 spiro atoms. The molecule has 0 saturated carbocycles. The second-order valence-corrected chi connectivity index (χ2v) is 5.22. The first-order valence-corrected chi connectivity index (χ1v) is 7.00. The standard InChI is InChI=1S/C11H13O2.C6H14NO2.Y/c1-8(2)9-4-5-10(7-12)11(6-9)13-3;1-5(7)6(2,8-3)9-4;/h4-7H,1-3H3;5,7H,1-4H3;/q2*-1;+3. The second kappa shape index (κ2) is 12.0. The molecule has 1 aromatic carbocycles. The van der Waals surface area contributed by atoms with Gasteiger partial charge in [-0.25, -0.2) is 0 Å². The maximum absolute atomic E-state index is 10.6. The zero-order valence-electron chi connectivity index (χ0n) is 15.1. The Balaban J connectivity index is 0. The molecule has 0 aromatic heterocycles. The van der Waals surface area contributed by atoms with E-state index in [0.717, 1.165) is 11.8 Å². The third-order valence-corrected chi connectivity index (χ3v) is 3.53. The molecule has 1 N–H and O–H groups in total. The number of rotatable bonds is 6. The van der Waals surface area contributed by atoms with Crippen molar-refractivity contribution in [2.24, 2.45) is 0 Å². The third-order valence-electron chi connectivity index (χ3n) is 3.53. The average Bonchev–Trinajstić information content (AvgIpc) is 2.53. The molecule has 1 aromatic rings. The van der Waals surface area contributed by atoms with Crippen molar-refractivity contribution in [3.63, 3.8) is 0 Å². The second-order valence-electron chi connectivity index (χ2n) is 5.22. The van der Waals surface area contributed by atoms with E-state index >= 15 is 0 Å². The summed E-state index contributed by atoms with van der Waals surface area (Å²) in [5, 5.41) is 0. The van der Waals surface area contributed by atoms with E-state index in [1.54, 1.807) is 27.0 Å². The number of methoxy groups -OCH3 is 3. The fourth-order valence-corrected chi connectivity index (χ4v) is 1.56. The SMILES string of the molecule is COC(C)(OC)C(C)[NH-].COc1cc([C-](C)C)ccc1C=O.[Y+3]. The Morgan fingerprint density at radius 2 is 1.74 bits per heavy atom. The zero-order chi connectivity index (χ0) is 17.3. The van der Waals surface area contributed by atoms with Crippen LogP contribution in [0, 0.1) is 5.92 Å². The summed E-state index contributed by atoms with van der Waals surface area (Å²) in [6.45, 7) is 7.52. The minimum atomic E-state index is -0.750. The number of aldehydes is 1. The first-order chi connectivity index (χ1) is 10.2. The average molecular weight is 398 g/mol. The summed E-state index contributed by atoms with van der Waals surface area (Å²) >= 11 is 0. The van der Waals surface area contributed by atoms with E-state index in [2.05, 4.69) is 0 Å². The van der Waals surface area contributed by atoms with E-state index in [9.17, 15) is 4.79 Å². The Kier molecular flexibility index (Phi) is 12.9. The van der Waals surface area contributed by atoms with Gasteiger partial charge in [0.1, 0.15) is 5.79 Å². The van der Waals surface area contributed by atoms with Gasteiger partial charge in [0.05, 0.1) is 12.9 Å². The van der Waals surface area contributed by atoms with Crippen LogP contribution in [0.15, 0.2) is 18.2 Å². The summed E-state index contributed by atoms with van der Waals surface area (Å²) in [5.41, 5.74) is 8.97. The summed E-state index contributed by atoms with van der Waals surface area (Å²) in [5.74, 6) is 1.09. The van der Waals surface area contributed by atoms with Gasteiger partial charge in [-0.05, 0) is 6.92 Å². The maximum atomic E-state index is 10.6. The molecule has 23 heavy (non-hydrogen) atoms. The van der Waals surface area contributed by atoms with Gasteiger partial charge in [-0.2, -0.15) is 17.5 Å². The summed E-state index contributed by atoms with van der Waals surface area (Å²) in [7, 11) is 4.64. The van der Waals surface area contributed by atoms with Gasteiger partial charge in [0.25, 0.3) is 0 Å². The van der Waals surface area contributed by atoms with E-state index in [0.29, 0.717) is 11.3 Å². The predicted octanol–water partition coefficient (Wildman–Crippen LogP) is 3.90. The minimum absolute atomic E-state index is 0. The van der Waals surface area contributed by atoms with Crippen molar-refractivity contribution in [3.8, 4) is 5.75 Å². The van der Waals surface area contributed by atoms with Crippen LogP contribution >= 0.6 is 0 Å². The fraction of sp³-hybridized carbons (Fsp3) is 0.529. The summed E-state index contributed by atoms with van der Waals surface area (Å²) in [4.78, 5) is 10.6. The van der Waals surface area contributed by atoms with Gasteiger partial charge in [-0.3, -0.25) is 4.79 Å². The predicted molar refractivity (Wildman–Crippen MR) is 88.3 cm³/mol. The van der Waals surface area contributed by atoms with Gasteiger partial charge in [0.15, 0.2) is 6.29 Å². The van der Waals surface area contributed by atoms with E-state index in [1.807, 2.05) is 26.0 Å². The Morgan fingerprint density at radius 1 is 1.22 bits per heavy atom. The van der Waals surface area contributed by atoms with Crippen LogP contribution in [0.1, 0.15) is 43.6 Å². The Hall–Kier alpha value is -0.456. The molecule has 6 heteroatoms. The van der Waals surface area contributed by atoms with Crippen molar-refractivity contribution >= 4 is 6.29 Å². The van der Waals surface area contributed by atoms with E-state index < -0.39 is 5.79 Å². The van der Waals surface area contributed by atoms with Crippen molar-refractivity contribution in [2.45, 2.75) is 39.5 Å². The van der Waals surface area contributed by atoms with E-state index in [-0.39, 0.29) is 38.8 Å². The molecule has 0 aliphatic carbocycles. The minimum Gasteiger partial charge on any atom is -0.671 e. The first kappa shape index (κ1) is 24.8. The molecule has 1 rings (SSSR count). The van der Waals surface area contributed by atoms with Gasteiger partial charge in [-0.1, -0.05) is 26.8 Å². The molecular formula is C17H27NO4Y+. The first-order valence-electron chi connectivity index (χ1n) is 7.00. The molecule has 1 atom stereocenters. The Labute approximate surface area is 165 Å². The zero-order valence-corrected chi connectivity index (χ0v) is 17.9. The van der Waals surface area contributed by atoms with Crippen LogP contribution in [0.5, 0.6) is 5.75 Å². The summed E-state index contributed by atoms with van der Waals surface area (Å²) in [6.07, 6.45) is 0.799. The molecule has 126 valence electrons. The molecule has 5 nitrogen and oxygen atoms in total. The Morgan fingerprint density at radius 3 is 2.00 bits per heavy atom. The Bertz CT molecular complexity index is 460. The number of benzene rings is 1. The van der Waals surface area contributed by atoms with Crippen LogP contribution in [0.3, 0.4) is 0 Å². The third kappa shape index (κ3) is 7.77. The van der Waals surface area contributed by atoms with E-state index in [1.165, 1.54) is 20.1 Å². The van der Waals surface area contributed by atoms with Crippen LogP contribution in [-0.4, -0.2) is 39.4 Å². The van der Waals surface area contributed by atoms with E-state index in [4.69, 9.17) is 19.9 Å². The van der Waals surface area contributed by atoms with Gasteiger partial charge >= 0.3 is 32.7 Å². The number of carbonyl (C=O) groups excluding carboxylic acids is 1.